The van der Waals surface area contributed by atoms with Crippen LogP contribution in [-0.4, -0.2) is 29.2 Å². The number of carbonyl (C=O) groups is 3. The average Bonchev–Trinajstić information content (AvgIpc) is 2.92. The largest absolute Gasteiger partial charge is 0.349 e. The van der Waals surface area contributed by atoms with Crippen LogP contribution in [0.4, 0.5) is 0 Å². The fraction of sp³-hybridized carbons (Fsp3) is 0.318. The molecule has 1 heterocycles. The second-order valence-electron chi connectivity index (χ2n) is 7.11. The second-order valence-corrected chi connectivity index (χ2v) is 7.11. The molecule has 0 bridgehead atoms. The van der Waals surface area contributed by atoms with Gasteiger partial charge in [0, 0.05) is 13.0 Å². The Balaban J connectivity index is 1.54. The first kappa shape index (κ1) is 18.8. The van der Waals surface area contributed by atoms with Crippen molar-refractivity contribution < 1.29 is 14.4 Å². The maximum absolute atomic E-state index is 12.4. The first-order chi connectivity index (χ1) is 13.0. The molecule has 1 aliphatic rings. The molecule has 5 heteroatoms. The Hall–Kier alpha value is -2.95. The summed E-state index contributed by atoms with van der Waals surface area (Å²) in [5, 5.41) is 3.07. The van der Waals surface area contributed by atoms with Gasteiger partial charge in [0.05, 0.1) is 17.2 Å². The van der Waals surface area contributed by atoms with Gasteiger partial charge in [0.1, 0.15) is 0 Å². The summed E-state index contributed by atoms with van der Waals surface area (Å²) < 4.78 is 0. The van der Waals surface area contributed by atoms with Gasteiger partial charge in [-0.1, -0.05) is 56.3 Å². The van der Waals surface area contributed by atoms with Crippen LogP contribution in [0.25, 0.3) is 0 Å². The van der Waals surface area contributed by atoms with E-state index in [4.69, 9.17) is 0 Å². The van der Waals surface area contributed by atoms with Gasteiger partial charge in [-0.3, -0.25) is 19.3 Å². The maximum Gasteiger partial charge on any atom is 0.261 e. The normalized spacial score (nSPS) is 14.4. The number of nitrogens with zero attached hydrogens (tertiary/aromatic N) is 1. The molecule has 1 N–H and O–H groups in total. The van der Waals surface area contributed by atoms with E-state index in [1.807, 2.05) is 30.3 Å². The van der Waals surface area contributed by atoms with Crippen LogP contribution in [0.2, 0.25) is 0 Å². The van der Waals surface area contributed by atoms with E-state index in [0.29, 0.717) is 17.5 Å². The maximum atomic E-state index is 12.4. The third-order valence-corrected chi connectivity index (χ3v) is 4.81. The molecule has 1 aliphatic heterocycles. The first-order valence-electron chi connectivity index (χ1n) is 9.28. The Bertz CT molecular complexity index is 811. The van der Waals surface area contributed by atoms with Crippen LogP contribution in [0, 0.1) is 5.92 Å². The smallest absolute Gasteiger partial charge is 0.261 e. The van der Waals surface area contributed by atoms with E-state index in [1.54, 1.807) is 24.3 Å². The highest BCUT2D eigenvalue weighted by Gasteiger charge is 2.34. The van der Waals surface area contributed by atoms with E-state index < -0.39 is 0 Å². The number of fused-ring (bicyclic) bond motifs is 1. The van der Waals surface area contributed by atoms with Crippen LogP contribution >= 0.6 is 0 Å². The van der Waals surface area contributed by atoms with Crippen LogP contribution in [0.5, 0.6) is 0 Å². The number of carbonyl (C=O) groups excluding carboxylic acids is 3. The molecule has 140 valence electrons. The molecule has 1 unspecified atom stereocenters. The quantitative estimate of drug-likeness (QED) is 0.764. The molecule has 2 aromatic carbocycles. The van der Waals surface area contributed by atoms with E-state index in [0.717, 1.165) is 5.56 Å². The van der Waals surface area contributed by atoms with Gasteiger partial charge in [0.2, 0.25) is 5.91 Å². The molecule has 0 fully saturated rings. The summed E-state index contributed by atoms with van der Waals surface area (Å²) >= 11 is 0. The Morgan fingerprint density at radius 3 is 2.04 bits per heavy atom. The zero-order valence-electron chi connectivity index (χ0n) is 15.6. The van der Waals surface area contributed by atoms with Crippen molar-refractivity contribution in [3.05, 3.63) is 71.3 Å². The predicted octanol–water partition coefficient (Wildman–Crippen LogP) is 3.58. The summed E-state index contributed by atoms with van der Waals surface area (Å²) in [5.41, 5.74) is 1.95. The van der Waals surface area contributed by atoms with E-state index in [-0.39, 0.29) is 42.6 Å². The van der Waals surface area contributed by atoms with Crippen molar-refractivity contribution in [2.45, 2.75) is 32.7 Å². The Morgan fingerprint density at radius 2 is 1.48 bits per heavy atom. The lowest BCUT2D eigenvalue weighted by Gasteiger charge is -2.23. The van der Waals surface area contributed by atoms with Gasteiger partial charge in [-0.2, -0.15) is 0 Å². The van der Waals surface area contributed by atoms with Gasteiger partial charge in [-0.05, 0) is 30.0 Å². The Labute approximate surface area is 159 Å². The molecule has 0 spiro atoms. The molecule has 27 heavy (non-hydrogen) atoms. The number of imide groups is 1. The molecule has 0 aliphatic carbocycles. The standard InChI is InChI=1S/C22H24N2O3/c1-15(2)20(16-9-4-3-5-10-16)23-19(25)13-8-14-24-21(26)17-11-6-7-12-18(17)22(24)27/h3-7,9-12,15,20H,8,13-14H2,1-2H3,(H,23,25). The van der Waals surface area contributed by atoms with E-state index >= 15 is 0 Å². The van der Waals surface area contributed by atoms with Gasteiger partial charge in [-0.25, -0.2) is 0 Å². The number of hydrogen-bond donors (Lipinski definition) is 1. The van der Waals surface area contributed by atoms with Crippen molar-refractivity contribution in [3.63, 3.8) is 0 Å². The minimum absolute atomic E-state index is 0.0574. The molecular formula is C22H24N2O3. The third kappa shape index (κ3) is 4.08. The molecule has 0 aromatic heterocycles. The monoisotopic (exact) mass is 364 g/mol. The number of benzene rings is 2. The Morgan fingerprint density at radius 1 is 0.926 bits per heavy atom. The minimum atomic E-state index is -0.277. The van der Waals surface area contributed by atoms with Crippen molar-refractivity contribution in [2.24, 2.45) is 5.92 Å². The molecular weight excluding hydrogens is 340 g/mol. The van der Waals surface area contributed by atoms with Crippen LogP contribution in [0.3, 0.4) is 0 Å². The lowest BCUT2D eigenvalue weighted by atomic mass is 9.96. The van der Waals surface area contributed by atoms with Crippen molar-refractivity contribution in [2.75, 3.05) is 6.54 Å². The van der Waals surface area contributed by atoms with Gasteiger partial charge < -0.3 is 5.32 Å². The van der Waals surface area contributed by atoms with E-state index in [2.05, 4.69) is 19.2 Å². The van der Waals surface area contributed by atoms with Crippen LogP contribution in [0.15, 0.2) is 54.6 Å². The predicted molar refractivity (Wildman–Crippen MR) is 103 cm³/mol. The van der Waals surface area contributed by atoms with Gasteiger partial charge in [0.15, 0.2) is 0 Å². The van der Waals surface area contributed by atoms with E-state index in [9.17, 15) is 14.4 Å². The SMILES string of the molecule is CC(C)C(NC(=O)CCCN1C(=O)c2ccccc2C1=O)c1ccccc1. The van der Waals surface area contributed by atoms with Crippen molar-refractivity contribution in [1.29, 1.82) is 0 Å². The summed E-state index contributed by atoms with van der Waals surface area (Å²) in [6, 6.07) is 16.6. The molecule has 2 aromatic rings. The minimum Gasteiger partial charge on any atom is -0.349 e. The summed E-state index contributed by atoms with van der Waals surface area (Å²) in [5.74, 6) is -0.373. The fourth-order valence-electron chi connectivity index (χ4n) is 3.38. The lowest BCUT2D eigenvalue weighted by molar-refractivity contribution is -0.122. The number of nitrogens with one attached hydrogen (secondary N) is 1. The molecule has 3 amide bonds. The van der Waals surface area contributed by atoms with Crippen molar-refractivity contribution >= 4 is 17.7 Å². The first-order valence-corrected chi connectivity index (χ1v) is 9.28. The number of rotatable bonds is 7. The molecule has 1 atom stereocenters. The summed E-state index contributed by atoms with van der Waals surface area (Å²) in [4.78, 5) is 38.3. The zero-order valence-corrected chi connectivity index (χ0v) is 15.6. The summed E-state index contributed by atoms with van der Waals surface area (Å²) in [6.07, 6.45) is 0.709. The second kappa shape index (κ2) is 8.16. The van der Waals surface area contributed by atoms with Crippen LogP contribution < -0.4 is 5.32 Å². The van der Waals surface area contributed by atoms with Gasteiger partial charge in [-0.15, -0.1) is 0 Å². The average molecular weight is 364 g/mol. The molecule has 0 saturated heterocycles. The van der Waals surface area contributed by atoms with Crippen molar-refractivity contribution in [1.82, 2.24) is 10.2 Å². The van der Waals surface area contributed by atoms with E-state index in [1.165, 1.54) is 4.90 Å². The highest BCUT2D eigenvalue weighted by molar-refractivity contribution is 6.21. The summed E-state index contributed by atoms with van der Waals surface area (Å²) in [6.45, 7) is 4.38. The van der Waals surface area contributed by atoms with Crippen molar-refractivity contribution in [3.8, 4) is 0 Å². The molecule has 0 saturated carbocycles. The fourth-order valence-corrected chi connectivity index (χ4v) is 3.38. The van der Waals surface area contributed by atoms with Gasteiger partial charge >= 0.3 is 0 Å². The summed E-state index contributed by atoms with van der Waals surface area (Å²) in [7, 11) is 0. The topological polar surface area (TPSA) is 66.5 Å². The Kier molecular flexibility index (Phi) is 5.69. The third-order valence-electron chi connectivity index (χ3n) is 4.81. The zero-order chi connectivity index (χ0) is 19.4. The van der Waals surface area contributed by atoms with Gasteiger partial charge in [0.25, 0.3) is 11.8 Å². The molecule has 5 nitrogen and oxygen atoms in total. The molecule has 0 radical (unpaired) electrons. The lowest BCUT2D eigenvalue weighted by Crippen LogP contribution is -2.34. The molecule has 3 rings (SSSR count). The highest BCUT2D eigenvalue weighted by Crippen LogP contribution is 2.23. The highest BCUT2D eigenvalue weighted by atomic mass is 16.2. The van der Waals surface area contributed by atoms with Crippen LogP contribution in [0.1, 0.15) is 59.0 Å². The number of amides is 3. The number of hydrogen-bond acceptors (Lipinski definition) is 3. The van der Waals surface area contributed by atoms with Crippen LogP contribution in [-0.2, 0) is 4.79 Å².